The number of ether oxygens (including phenoxy) is 1. The third-order valence-electron chi connectivity index (χ3n) is 2.62. The van der Waals surface area contributed by atoms with Crippen molar-refractivity contribution in [3.8, 4) is 5.88 Å². The van der Waals surface area contributed by atoms with E-state index in [2.05, 4.69) is 15.3 Å². The van der Waals surface area contributed by atoms with E-state index in [9.17, 15) is 4.79 Å². The van der Waals surface area contributed by atoms with Crippen LogP contribution in [0, 0.1) is 13.8 Å². The molecule has 6 heteroatoms. The molecule has 5 nitrogen and oxygen atoms in total. The third kappa shape index (κ3) is 3.08. The molecule has 0 atom stereocenters. The van der Waals surface area contributed by atoms with Gasteiger partial charge in [-0.3, -0.25) is 4.79 Å². The molecule has 0 aliphatic rings. The van der Waals surface area contributed by atoms with Gasteiger partial charge in [0.1, 0.15) is 5.56 Å². The maximum absolute atomic E-state index is 12.1. The monoisotopic (exact) mass is 277 g/mol. The number of nitrogens with zero attached hydrogens (tertiary/aromatic N) is 2. The Morgan fingerprint density at radius 3 is 2.89 bits per heavy atom. The standard InChI is InChI=1S/C13H15N3O2S/c1-8-11(19-9(2)16-8)7-15-12(17)10-5-4-6-14-13(10)18-3/h4-6H,7H2,1-3H3,(H,15,17). The number of nitrogens with one attached hydrogen (secondary N) is 1. The Morgan fingerprint density at radius 1 is 1.47 bits per heavy atom. The molecule has 0 fully saturated rings. The molecular formula is C13H15N3O2S. The summed E-state index contributed by atoms with van der Waals surface area (Å²) < 4.78 is 5.06. The maximum Gasteiger partial charge on any atom is 0.257 e. The number of aromatic nitrogens is 2. The van der Waals surface area contributed by atoms with Crippen molar-refractivity contribution in [1.82, 2.24) is 15.3 Å². The van der Waals surface area contributed by atoms with Crippen LogP contribution in [0.25, 0.3) is 0 Å². The molecule has 100 valence electrons. The molecule has 0 aliphatic carbocycles. The minimum Gasteiger partial charge on any atom is -0.480 e. The molecule has 2 aromatic heterocycles. The van der Waals surface area contributed by atoms with Crippen molar-refractivity contribution < 1.29 is 9.53 Å². The Labute approximate surface area is 115 Å². The van der Waals surface area contributed by atoms with E-state index in [0.717, 1.165) is 15.6 Å². The van der Waals surface area contributed by atoms with Gasteiger partial charge in [0, 0.05) is 11.1 Å². The lowest BCUT2D eigenvalue weighted by Crippen LogP contribution is -2.23. The van der Waals surface area contributed by atoms with Gasteiger partial charge in [-0.2, -0.15) is 0 Å². The second-order valence-corrected chi connectivity index (χ2v) is 5.27. The largest absolute Gasteiger partial charge is 0.480 e. The summed E-state index contributed by atoms with van der Waals surface area (Å²) in [5.41, 5.74) is 1.39. The summed E-state index contributed by atoms with van der Waals surface area (Å²) in [5.74, 6) is 0.132. The molecule has 0 aliphatic heterocycles. The van der Waals surface area contributed by atoms with Gasteiger partial charge in [-0.05, 0) is 26.0 Å². The Kier molecular flexibility index (Phi) is 4.11. The van der Waals surface area contributed by atoms with Gasteiger partial charge in [0.05, 0.1) is 24.4 Å². The molecule has 0 spiro atoms. The number of rotatable bonds is 4. The Balaban J connectivity index is 2.07. The summed E-state index contributed by atoms with van der Waals surface area (Å²) in [6, 6.07) is 3.39. The first kappa shape index (κ1) is 13.5. The predicted octanol–water partition coefficient (Wildman–Crippen LogP) is 2.09. The van der Waals surface area contributed by atoms with Crippen molar-refractivity contribution in [2.24, 2.45) is 0 Å². The molecule has 0 unspecified atom stereocenters. The van der Waals surface area contributed by atoms with Crippen molar-refractivity contribution >= 4 is 17.2 Å². The van der Waals surface area contributed by atoms with Crippen molar-refractivity contribution in [2.45, 2.75) is 20.4 Å². The Hall–Kier alpha value is -1.95. The van der Waals surface area contributed by atoms with Crippen LogP contribution in [0.2, 0.25) is 0 Å². The lowest BCUT2D eigenvalue weighted by atomic mass is 10.2. The second-order valence-electron chi connectivity index (χ2n) is 3.98. The minimum absolute atomic E-state index is 0.199. The average Bonchev–Trinajstić information content (AvgIpc) is 2.74. The lowest BCUT2D eigenvalue weighted by Gasteiger charge is -2.07. The quantitative estimate of drug-likeness (QED) is 0.929. The van der Waals surface area contributed by atoms with Crippen molar-refractivity contribution in [2.75, 3.05) is 7.11 Å². The van der Waals surface area contributed by atoms with Crippen LogP contribution in [0.4, 0.5) is 0 Å². The number of carbonyl (C=O) groups is 1. The van der Waals surface area contributed by atoms with E-state index in [-0.39, 0.29) is 5.91 Å². The van der Waals surface area contributed by atoms with Crippen LogP contribution in [0.1, 0.15) is 25.9 Å². The first-order valence-electron chi connectivity index (χ1n) is 5.82. The summed E-state index contributed by atoms with van der Waals surface area (Å²) >= 11 is 1.59. The molecule has 0 radical (unpaired) electrons. The Bertz CT molecular complexity index is 595. The van der Waals surface area contributed by atoms with Crippen LogP contribution >= 0.6 is 11.3 Å². The summed E-state index contributed by atoms with van der Waals surface area (Å²) in [5, 5.41) is 3.86. The van der Waals surface area contributed by atoms with Crippen LogP contribution in [-0.2, 0) is 6.54 Å². The SMILES string of the molecule is COc1ncccc1C(=O)NCc1sc(C)nc1C. The van der Waals surface area contributed by atoms with E-state index >= 15 is 0 Å². The van der Waals surface area contributed by atoms with Gasteiger partial charge in [-0.15, -0.1) is 11.3 Å². The maximum atomic E-state index is 12.1. The summed E-state index contributed by atoms with van der Waals surface area (Å²) in [7, 11) is 1.50. The third-order valence-corrected chi connectivity index (χ3v) is 3.69. The molecule has 0 aromatic carbocycles. The van der Waals surface area contributed by atoms with Gasteiger partial charge >= 0.3 is 0 Å². The van der Waals surface area contributed by atoms with Crippen LogP contribution in [0.3, 0.4) is 0 Å². The van der Waals surface area contributed by atoms with Crippen LogP contribution in [-0.4, -0.2) is 23.0 Å². The molecule has 2 aromatic rings. The van der Waals surface area contributed by atoms with Crippen LogP contribution in [0.5, 0.6) is 5.88 Å². The van der Waals surface area contributed by atoms with Crippen molar-refractivity contribution in [1.29, 1.82) is 0 Å². The molecule has 1 amide bonds. The fourth-order valence-corrected chi connectivity index (χ4v) is 2.60. The fourth-order valence-electron chi connectivity index (χ4n) is 1.72. The first-order chi connectivity index (χ1) is 9.11. The second kappa shape index (κ2) is 5.79. The van der Waals surface area contributed by atoms with E-state index < -0.39 is 0 Å². The molecule has 2 heterocycles. The lowest BCUT2D eigenvalue weighted by molar-refractivity contribution is 0.0947. The highest BCUT2D eigenvalue weighted by Crippen LogP contribution is 2.18. The molecule has 0 saturated carbocycles. The molecule has 1 N–H and O–H groups in total. The fraction of sp³-hybridized carbons (Fsp3) is 0.308. The van der Waals surface area contributed by atoms with Crippen LogP contribution in [0.15, 0.2) is 18.3 Å². The van der Waals surface area contributed by atoms with Gasteiger partial charge in [0.25, 0.3) is 5.91 Å². The zero-order chi connectivity index (χ0) is 13.8. The minimum atomic E-state index is -0.199. The molecule has 0 saturated heterocycles. The van der Waals surface area contributed by atoms with E-state index in [0.29, 0.717) is 18.0 Å². The first-order valence-corrected chi connectivity index (χ1v) is 6.63. The number of hydrogen-bond acceptors (Lipinski definition) is 5. The molecule has 19 heavy (non-hydrogen) atoms. The number of hydrogen-bond donors (Lipinski definition) is 1. The van der Waals surface area contributed by atoms with E-state index in [1.807, 2.05) is 13.8 Å². The van der Waals surface area contributed by atoms with Gasteiger partial charge in [0.15, 0.2) is 0 Å². The smallest absolute Gasteiger partial charge is 0.257 e. The van der Waals surface area contributed by atoms with Gasteiger partial charge in [-0.25, -0.2) is 9.97 Å². The van der Waals surface area contributed by atoms with Gasteiger partial charge < -0.3 is 10.1 Å². The van der Waals surface area contributed by atoms with Crippen molar-refractivity contribution in [3.63, 3.8) is 0 Å². The highest BCUT2D eigenvalue weighted by molar-refractivity contribution is 7.11. The molecular weight excluding hydrogens is 262 g/mol. The number of aryl methyl sites for hydroxylation is 2. The number of carbonyl (C=O) groups excluding carboxylic acids is 1. The van der Waals surface area contributed by atoms with Crippen LogP contribution < -0.4 is 10.1 Å². The number of thiazole rings is 1. The summed E-state index contributed by atoms with van der Waals surface area (Å²) in [4.78, 5) is 21.5. The summed E-state index contributed by atoms with van der Waals surface area (Å²) in [6.45, 7) is 4.36. The normalized spacial score (nSPS) is 10.3. The number of methoxy groups -OCH3 is 1. The predicted molar refractivity (Wildman–Crippen MR) is 73.5 cm³/mol. The molecule has 2 rings (SSSR count). The zero-order valence-electron chi connectivity index (χ0n) is 11.1. The average molecular weight is 277 g/mol. The zero-order valence-corrected chi connectivity index (χ0v) is 11.9. The topological polar surface area (TPSA) is 64.1 Å². The van der Waals surface area contributed by atoms with Gasteiger partial charge in [-0.1, -0.05) is 0 Å². The van der Waals surface area contributed by atoms with Gasteiger partial charge in [0.2, 0.25) is 5.88 Å². The highest BCUT2D eigenvalue weighted by Gasteiger charge is 2.13. The van der Waals surface area contributed by atoms with E-state index in [1.54, 1.807) is 29.7 Å². The number of amides is 1. The number of pyridine rings is 1. The van der Waals surface area contributed by atoms with E-state index in [4.69, 9.17) is 4.74 Å². The van der Waals surface area contributed by atoms with E-state index in [1.165, 1.54) is 7.11 Å². The Morgan fingerprint density at radius 2 is 2.26 bits per heavy atom. The van der Waals surface area contributed by atoms with Crippen molar-refractivity contribution in [3.05, 3.63) is 39.5 Å². The highest BCUT2D eigenvalue weighted by atomic mass is 32.1. The summed E-state index contributed by atoms with van der Waals surface area (Å²) in [6.07, 6.45) is 1.59. The molecule has 0 bridgehead atoms.